The van der Waals surface area contributed by atoms with Gasteiger partial charge in [0.15, 0.2) is 5.11 Å². The van der Waals surface area contributed by atoms with Gasteiger partial charge in [0.2, 0.25) is 5.91 Å². The van der Waals surface area contributed by atoms with Crippen molar-refractivity contribution in [3.8, 4) is 0 Å². The molecule has 1 amide bonds. The Balaban J connectivity index is 2.68. The van der Waals surface area contributed by atoms with E-state index >= 15 is 0 Å². The summed E-state index contributed by atoms with van der Waals surface area (Å²) in [6.07, 6.45) is -4.42. The van der Waals surface area contributed by atoms with Crippen molar-refractivity contribution in [2.24, 2.45) is 0 Å². The Bertz CT molecular complexity index is 462. The van der Waals surface area contributed by atoms with Crippen molar-refractivity contribution in [3.05, 3.63) is 36.8 Å². The van der Waals surface area contributed by atoms with Crippen LogP contribution in [0.2, 0.25) is 0 Å². The van der Waals surface area contributed by atoms with Gasteiger partial charge < -0.3 is 5.32 Å². The molecule has 0 aromatic heterocycles. The number of halogens is 3. The molecule has 0 spiro atoms. The van der Waals surface area contributed by atoms with Gasteiger partial charge in [0.1, 0.15) is 0 Å². The lowest BCUT2D eigenvalue weighted by atomic mass is 10.2. The third-order valence-electron chi connectivity index (χ3n) is 1.76. The van der Waals surface area contributed by atoms with E-state index in [0.717, 1.165) is 12.1 Å². The molecule has 0 aliphatic carbocycles. The van der Waals surface area contributed by atoms with Gasteiger partial charge >= 0.3 is 6.18 Å². The molecule has 1 aromatic carbocycles. The van der Waals surface area contributed by atoms with Crippen LogP contribution in [-0.2, 0) is 11.0 Å². The summed E-state index contributed by atoms with van der Waals surface area (Å²) >= 11 is 4.75. The molecule has 8 heteroatoms. The second kappa shape index (κ2) is 5.67. The van der Waals surface area contributed by atoms with Gasteiger partial charge in [-0.15, -0.1) is 0 Å². The predicted molar refractivity (Wildman–Crippen MR) is 64.3 cm³/mol. The Hall–Kier alpha value is -1.83. The van der Waals surface area contributed by atoms with Crippen LogP contribution in [0.4, 0.5) is 18.9 Å². The Morgan fingerprint density at radius 1 is 1.28 bits per heavy atom. The first-order valence-corrected chi connectivity index (χ1v) is 5.06. The van der Waals surface area contributed by atoms with E-state index in [1.54, 1.807) is 0 Å². The van der Waals surface area contributed by atoms with Crippen LogP contribution < -0.4 is 16.2 Å². The summed E-state index contributed by atoms with van der Waals surface area (Å²) in [4.78, 5) is 10.5. The van der Waals surface area contributed by atoms with Gasteiger partial charge in [-0.3, -0.25) is 15.6 Å². The number of hydrazine groups is 1. The Kier molecular flexibility index (Phi) is 4.49. The monoisotopic (exact) mass is 276 g/mol. The zero-order valence-corrected chi connectivity index (χ0v) is 9.78. The van der Waals surface area contributed by atoms with Crippen molar-refractivity contribution in [2.45, 2.75) is 6.18 Å². The van der Waals surface area contributed by atoms with Crippen molar-refractivity contribution >= 4 is 28.9 Å². The highest BCUT2D eigenvalue weighted by Gasteiger charge is 2.30. The molecule has 0 aliphatic rings. The van der Waals surface area contributed by atoms with Gasteiger partial charge in [-0.05, 0) is 30.4 Å². The van der Waals surface area contributed by atoms with Crippen LogP contribution in [0.25, 0.3) is 0 Å². The van der Waals surface area contributed by atoms with Gasteiger partial charge in [-0.1, -0.05) is 6.07 Å². The van der Waals surface area contributed by atoms with Crippen molar-refractivity contribution in [1.29, 1.82) is 0 Å². The number of hydrogen-bond donors (Lipinski definition) is 3. The average Bonchev–Trinajstić information content (AvgIpc) is 2.25. The first kappa shape index (κ1) is 14.2. The van der Waals surface area contributed by atoms with E-state index in [9.17, 15) is 18.0 Å². The number of rotatable bonds is 1. The highest BCUT2D eigenvalue weighted by Crippen LogP contribution is 2.30. The lowest BCUT2D eigenvalue weighted by molar-refractivity contribution is -0.137. The Morgan fingerprint density at radius 2 is 1.94 bits per heavy atom. The number of anilines is 1. The molecule has 0 unspecified atom stereocenters. The average molecular weight is 276 g/mol. The molecule has 3 N–H and O–H groups in total. The maximum absolute atomic E-state index is 12.4. The maximum Gasteiger partial charge on any atom is 0.416 e. The maximum atomic E-state index is 12.4. The Labute approximate surface area is 107 Å². The molecule has 0 aliphatic heterocycles. The molecule has 0 heterocycles. The molecule has 97 valence electrons. The van der Waals surface area contributed by atoms with Crippen molar-refractivity contribution in [2.75, 3.05) is 5.32 Å². The van der Waals surface area contributed by atoms with E-state index in [-0.39, 0.29) is 10.8 Å². The first-order valence-electron chi connectivity index (χ1n) is 4.65. The van der Waals surface area contributed by atoms with Crippen LogP contribution in [0.15, 0.2) is 24.3 Å². The highest BCUT2D eigenvalue weighted by atomic mass is 32.1. The third-order valence-corrected chi connectivity index (χ3v) is 1.97. The molecule has 18 heavy (non-hydrogen) atoms. The van der Waals surface area contributed by atoms with E-state index in [4.69, 9.17) is 12.2 Å². The third kappa shape index (κ3) is 4.58. The number of alkyl halides is 3. The number of thiocarbonyl (C=S) groups is 1. The molecular formula is C10H9F3N3OS. The normalized spacial score (nSPS) is 10.7. The summed E-state index contributed by atoms with van der Waals surface area (Å²) in [5.74, 6) is -0.622. The molecular weight excluding hydrogens is 267 g/mol. The van der Waals surface area contributed by atoms with E-state index in [1.165, 1.54) is 12.1 Å². The van der Waals surface area contributed by atoms with Gasteiger partial charge in [-0.2, -0.15) is 13.2 Å². The SMILES string of the molecule is [CH2]C(=O)NNC(=S)Nc1cccc(C(F)(F)F)c1. The zero-order chi connectivity index (χ0) is 13.8. The number of benzene rings is 1. The minimum absolute atomic E-state index is 0.0497. The Morgan fingerprint density at radius 3 is 2.50 bits per heavy atom. The van der Waals surface area contributed by atoms with Crippen molar-refractivity contribution in [1.82, 2.24) is 10.9 Å². The standard InChI is InChI=1S/C10H9F3N3OS/c1-6(17)15-16-9(18)14-8-4-2-3-7(5-8)10(11,12)13/h2-5H,1H2,(H,15,17)(H2,14,16,18). The summed E-state index contributed by atoms with van der Waals surface area (Å²) < 4.78 is 37.3. The molecule has 4 nitrogen and oxygen atoms in total. The fraction of sp³-hybridized carbons (Fsp3) is 0.100. The molecule has 0 saturated heterocycles. The molecule has 0 saturated carbocycles. The number of amides is 1. The van der Waals surface area contributed by atoms with Crippen molar-refractivity contribution in [3.63, 3.8) is 0 Å². The summed E-state index contributed by atoms with van der Waals surface area (Å²) in [5.41, 5.74) is 3.71. The van der Waals surface area contributed by atoms with E-state index in [1.807, 2.05) is 0 Å². The predicted octanol–water partition coefficient (Wildman–Crippen LogP) is 1.86. The van der Waals surface area contributed by atoms with Gasteiger partial charge in [-0.25, -0.2) is 0 Å². The quantitative estimate of drug-likeness (QED) is 0.541. The zero-order valence-electron chi connectivity index (χ0n) is 8.97. The lowest BCUT2D eigenvalue weighted by Crippen LogP contribution is -2.42. The van der Waals surface area contributed by atoms with Crippen LogP contribution in [0.5, 0.6) is 0 Å². The minimum atomic E-state index is -4.42. The molecule has 0 atom stereocenters. The fourth-order valence-corrected chi connectivity index (χ4v) is 1.23. The lowest BCUT2D eigenvalue weighted by Gasteiger charge is -2.12. The van der Waals surface area contributed by atoms with Gasteiger partial charge in [0.25, 0.3) is 0 Å². The van der Waals surface area contributed by atoms with Gasteiger partial charge in [0, 0.05) is 12.6 Å². The summed E-state index contributed by atoms with van der Waals surface area (Å²) in [6.45, 7) is 3.02. The molecule has 1 radical (unpaired) electrons. The smallest absolute Gasteiger partial charge is 0.331 e. The number of nitrogens with one attached hydrogen (secondary N) is 3. The molecule has 1 rings (SSSR count). The van der Waals surface area contributed by atoms with E-state index in [0.29, 0.717) is 0 Å². The first-order chi connectivity index (χ1) is 8.29. The topological polar surface area (TPSA) is 53.2 Å². The number of carbonyl (C=O) groups is 1. The molecule has 1 aromatic rings. The second-order valence-electron chi connectivity index (χ2n) is 3.21. The second-order valence-corrected chi connectivity index (χ2v) is 3.61. The summed E-state index contributed by atoms with van der Waals surface area (Å²) in [7, 11) is 0. The largest absolute Gasteiger partial charge is 0.416 e. The van der Waals surface area contributed by atoms with Gasteiger partial charge in [0.05, 0.1) is 5.56 Å². The summed E-state index contributed by atoms with van der Waals surface area (Å²) in [5, 5.41) is 2.44. The van der Waals surface area contributed by atoms with Crippen LogP contribution in [0.3, 0.4) is 0 Å². The molecule has 0 fully saturated rings. The van der Waals surface area contributed by atoms with E-state index < -0.39 is 17.6 Å². The van der Waals surface area contributed by atoms with Crippen LogP contribution in [0, 0.1) is 6.92 Å². The number of carbonyl (C=O) groups excluding carboxylic acids is 1. The molecule has 0 bridgehead atoms. The fourth-order valence-electron chi connectivity index (χ4n) is 1.06. The summed E-state index contributed by atoms with van der Waals surface area (Å²) in [6, 6.07) is 4.50. The van der Waals surface area contributed by atoms with Crippen molar-refractivity contribution < 1.29 is 18.0 Å². The number of hydrogen-bond acceptors (Lipinski definition) is 2. The van der Waals surface area contributed by atoms with E-state index in [2.05, 4.69) is 23.1 Å². The minimum Gasteiger partial charge on any atom is -0.331 e. The van der Waals surface area contributed by atoms with Crippen LogP contribution >= 0.6 is 12.2 Å². The van der Waals surface area contributed by atoms with Crippen LogP contribution in [0.1, 0.15) is 5.56 Å². The highest BCUT2D eigenvalue weighted by molar-refractivity contribution is 7.80. The van der Waals surface area contributed by atoms with Crippen LogP contribution in [-0.4, -0.2) is 11.0 Å².